The molecule has 0 heterocycles. The number of hydrogen-bond donors (Lipinski definition) is 1. The summed E-state index contributed by atoms with van der Waals surface area (Å²) in [6.45, 7) is 6.82. The highest BCUT2D eigenvalue weighted by atomic mass is 16.2. The molecule has 1 rings (SSSR count). The Kier molecular flexibility index (Phi) is 6.03. The molecule has 0 fully saturated rings. The van der Waals surface area contributed by atoms with E-state index in [4.69, 9.17) is 5.73 Å². The van der Waals surface area contributed by atoms with Gasteiger partial charge in [0, 0.05) is 12.2 Å². The van der Waals surface area contributed by atoms with Gasteiger partial charge in [-0.3, -0.25) is 4.79 Å². The average Bonchev–Trinajstić information content (AvgIpc) is 2.47. The van der Waals surface area contributed by atoms with E-state index < -0.39 is 5.54 Å². The number of benzene rings is 1. The molecule has 3 nitrogen and oxygen atoms in total. The van der Waals surface area contributed by atoms with E-state index in [0.29, 0.717) is 12.8 Å². The van der Waals surface area contributed by atoms with Crippen LogP contribution in [0.5, 0.6) is 0 Å². The molecule has 2 N–H and O–H groups in total. The van der Waals surface area contributed by atoms with E-state index in [2.05, 4.69) is 6.92 Å². The lowest BCUT2D eigenvalue weighted by Gasteiger charge is -2.33. The first-order valence-corrected chi connectivity index (χ1v) is 7.25. The molecule has 0 atom stereocenters. The van der Waals surface area contributed by atoms with Gasteiger partial charge in [0.15, 0.2) is 0 Å². The summed E-state index contributed by atoms with van der Waals surface area (Å²) in [4.78, 5) is 14.6. The third-order valence-corrected chi connectivity index (χ3v) is 3.74. The standard InChI is InChI=1S/C16H26N2O/c1-4-7-13-18(14-11-9-8-10-12-14)15(19)16(17,5-2)6-3/h8-12H,4-7,13,17H2,1-3H3. The summed E-state index contributed by atoms with van der Waals surface area (Å²) in [5.41, 5.74) is 6.45. The van der Waals surface area contributed by atoms with Gasteiger partial charge in [0.2, 0.25) is 5.91 Å². The fraction of sp³-hybridized carbons (Fsp3) is 0.562. The lowest BCUT2D eigenvalue weighted by Crippen LogP contribution is -2.55. The van der Waals surface area contributed by atoms with E-state index in [1.165, 1.54) is 0 Å². The second kappa shape index (κ2) is 7.29. The van der Waals surface area contributed by atoms with Crippen LogP contribution in [0.25, 0.3) is 0 Å². The Labute approximate surface area is 116 Å². The minimum Gasteiger partial charge on any atom is -0.317 e. The summed E-state index contributed by atoms with van der Waals surface area (Å²) in [5, 5.41) is 0. The largest absolute Gasteiger partial charge is 0.317 e. The van der Waals surface area contributed by atoms with Crippen LogP contribution in [0.3, 0.4) is 0 Å². The summed E-state index contributed by atoms with van der Waals surface area (Å²) in [5.74, 6) is 0.0390. The Morgan fingerprint density at radius 1 is 1.16 bits per heavy atom. The monoisotopic (exact) mass is 262 g/mol. The molecule has 0 unspecified atom stereocenters. The molecule has 1 aromatic rings. The first kappa shape index (κ1) is 15.7. The first-order chi connectivity index (χ1) is 9.09. The topological polar surface area (TPSA) is 46.3 Å². The Hall–Kier alpha value is -1.35. The van der Waals surface area contributed by atoms with Gasteiger partial charge in [-0.05, 0) is 31.4 Å². The van der Waals surface area contributed by atoms with Crippen molar-refractivity contribution in [2.24, 2.45) is 5.73 Å². The number of nitrogens with zero attached hydrogens (tertiary/aromatic N) is 1. The summed E-state index contributed by atoms with van der Waals surface area (Å²) >= 11 is 0. The van der Waals surface area contributed by atoms with E-state index in [0.717, 1.165) is 25.1 Å². The first-order valence-electron chi connectivity index (χ1n) is 7.25. The second-order valence-electron chi connectivity index (χ2n) is 5.01. The van der Waals surface area contributed by atoms with Gasteiger partial charge in [-0.15, -0.1) is 0 Å². The normalized spacial score (nSPS) is 11.4. The van der Waals surface area contributed by atoms with Gasteiger partial charge in [-0.25, -0.2) is 0 Å². The Bertz CT molecular complexity index is 385. The van der Waals surface area contributed by atoms with E-state index in [1.807, 2.05) is 49.1 Å². The van der Waals surface area contributed by atoms with Crippen LogP contribution in [-0.4, -0.2) is 18.0 Å². The maximum absolute atomic E-state index is 12.7. The Morgan fingerprint density at radius 2 is 1.74 bits per heavy atom. The number of unbranched alkanes of at least 4 members (excludes halogenated alkanes) is 1. The van der Waals surface area contributed by atoms with Crippen LogP contribution < -0.4 is 10.6 Å². The van der Waals surface area contributed by atoms with E-state index in [-0.39, 0.29) is 5.91 Å². The number of carbonyl (C=O) groups excluding carboxylic acids is 1. The third-order valence-electron chi connectivity index (χ3n) is 3.74. The number of amides is 1. The van der Waals surface area contributed by atoms with Crippen molar-refractivity contribution >= 4 is 11.6 Å². The molecule has 0 aliphatic rings. The smallest absolute Gasteiger partial charge is 0.247 e. The molecule has 3 heteroatoms. The third kappa shape index (κ3) is 3.80. The van der Waals surface area contributed by atoms with E-state index in [1.54, 1.807) is 0 Å². The van der Waals surface area contributed by atoms with Crippen LogP contribution in [0.2, 0.25) is 0 Å². The van der Waals surface area contributed by atoms with E-state index in [9.17, 15) is 4.79 Å². The van der Waals surface area contributed by atoms with Gasteiger partial charge >= 0.3 is 0 Å². The van der Waals surface area contributed by atoms with Gasteiger partial charge in [-0.2, -0.15) is 0 Å². The van der Waals surface area contributed by atoms with Crippen molar-refractivity contribution in [3.05, 3.63) is 30.3 Å². The van der Waals surface area contributed by atoms with Gasteiger partial charge < -0.3 is 10.6 Å². The average molecular weight is 262 g/mol. The molecular formula is C16H26N2O. The summed E-state index contributed by atoms with van der Waals surface area (Å²) in [6, 6.07) is 9.81. The lowest BCUT2D eigenvalue weighted by molar-refractivity contribution is -0.124. The molecule has 1 aromatic carbocycles. The minimum atomic E-state index is -0.746. The van der Waals surface area contributed by atoms with Crippen molar-refractivity contribution in [3.8, 4) is 0 Å². The van der Waals surface area contributed by atoms with Gasteiger partial charge in [0.05, 0.1) is 5.54 Å². The molecule has 0 saturated heterocycles. The zero-order valence-corrected chi connectivity index (χ0v) is 12.4. The Balaban J connectivity index is 3.00. The number of para-hydroxylation sites is 1. The summed E-state index contributed by atoms with van der Waals surface area (Å²) in [6.07, 6.45) is 3.38. The molecule has 19 heavy (non-hydrogen) atoms. The number of nitrogens with two attached hydrogens (primary N) is 1. The predicted molar refractivity (Wildman–Crippen MR) is 81.2 cm³/mol. The van der Waals surface area contributed by atoms with Crippen molar-refractivity contribution in [1.29, 1.82) is 0 Å². The summed E-state index contributed by atoms with van der Waals surface area (Å²) in [7, 11) is 0. The van der Waals surface area contributed by atoms with Gasteiger partial charge in [-0.1, -0.05) is 45.4 Å². The van der Waals surface area contributed by atoms with Crippen molar-refractivity contribution < 1.29 is 4.79 Å². The molecule has 0 bridgehead atoms. The van der Waals surface area contributed by atoms with Crippen molar-refractivity contribution in [1.82, 2.24) is 0 Å². The molecule has 0 spiro atoms. The van der Waals surface area contributed by atoms with Crippen LogP contribution in [-0.2, 0) is 4.79 Å². The number of rotatable bonds is 7. The van der Waals surface area contributed by atoms with Crippen LogP contribution in [0.15, 0.2) is 30.3 Å². The quantitative estimate of drug-likeness (QED) is 0.819. The maximum atomic E-state index is 12.7. The highest BCUT2D eigenvalue weighted by molar-refractivity contribution is 6.00. The van der Waals surface area contributed by atoms with Crippen LogP contribution >= 0.6 is 0 Å². The molecule has 0 radical (unpaired) electrons. The van der Waals surface area contributed by atoms with Crippen LogP contribution in [0.4, 0.5) is 5.69 Å². The highest BCUT2D eigenvalue weighted by Crippen LogP contribution is 2.22. The second-order valence-corrected chi connectivity index (χ2v) is 5.01. The minimum absolute atomic E-state index is 0.0390. The highest BCUT2D eigenvalue weighted by Gasteiger charge is 2.34. The zero-order chi connectivity index (χ0) is 14.3. The van der Waals surface area contributed by atoms with Crippen molar-refractivity contribution in [2.75, 3.05) is 11.4 Å². The number of carbonyl (C=O) groups is 1. The molecule has 0 aromatic heterocycles. The SMILES string of the molecule is CCCCN(C(=O)C(N)(CC)CC)c1ccccc1. The van der Waals surface area contributed by atoms with E-state index >= 15 is 0 Å². The van der Waals surface area contributed by atoms with Crippen molar-refractivity contribution in [2.45, 2.75) is 52.0 Å². The molecular weight excluding hydrogens is 236 g/mol. The fourth-order valence-electron chi connectivity index (χ4n) is 2.09. The van der Waals surface area contributed by atoms with Crippen LogP contribution in [0, 0.1) is 0 Å². The molecule has 106 valence electrons. The molecule has 1 amide bonds. The number of hydrogen-bond acceptors (Lipinski definition) is 2. The summed E-state index contributed by atoms with van der Waals surface area (Å²) < 4.78 is 0. The molecule has 0 aliphatic heterocycles. The fourth-order valence-corrected chi connectivity index (χ4v) is 2.09. The lowest BCUT2D eigenvalue weighted by atomic mass is 9.92. The van der Waals surface area contributed by atoms with Crippen LogP contribution in [0.1, 0.15) is 46.5 Å². The maximum Gasteiger partial charge on any atom is 0.247 e. The number of anilines is 1. The molecule has 0 aliphatic carbocycles. The van der Waals surface area contributed by atoms with Gasteiger partial charge in [0.1, 0.15) is 0 Å². The molecule has 0 saturated carbocycles. The Morgan fingerprint density at radius 3 is 2.21 bits per heavy atom. The zero-order valence-electron chi connectivity index (χ0n) is 12.4. The van der Waals surface area contributed by atoms with Gasteiger partial charge in [0.25, 0.3) is 0 Å². The predicted octanol–water partition coefficient (Wildman–Crippen LogP) is 3.34. The van der Waals surface area contributed by atoms with Crippen molar-refractivity contribution in [3.63, 3.8) is 0 Å².